The van der Waals surface area contributed by atoms with E-state index in [1.54, 1.807) is 0 Å². The van der Waals surface area contributed by atoms with Gasteiger partial charge in [0, 0.05) is 22.1 Å². The number of hydrogen-bond donors (Lipinski definition) is 0. The molecule has 0 bridgehead atoms. The van der Waals surface area contributed by atoms with E-state index >= 15 is 0 Å². The van der Waals surface area contributed by atoms with Crippen LogP contribution in [-0.4, -0.2) is 9.97 Å². The second-order valence-corrected chi connectivity index (χ2v) is 15.7. The number of rotatable bonds is 5. The molecule has 1 aliphatic rings. The molecule has 0 radical (unpaired) electrons. The van der Waals surface area contributed by atoms with E-state index in [-0.39, 0.29) is 5.41 Å². The van der Waals surface area contributed by atoms with Gasteiger partial charge in [0.05, 0.1) is 11.4 Å². The maximum atomic E-state index is 5.33. The van der Waals surface area contributed by atoms with E-state index in [1.807, 2.05) is 6.07 Å². The maximum Gasteiger partial charge on any atom is 0.161 e. The van der Waals surface area contributed by atoms with Crippen LogP contribution in [0, 0.1) is 0 Å². The van der Waals surface area contributed by atoms with Gasteiger partial charge < -0.3 is 0 Å². The molecule has 11 rings (SSSR count). The van der Waals surface area contributed by atoms with E-state index in [9.17, 15) is 0 Å². The van der Waals surface area contributed by atoms with Crippen LogP contribution < -0.4 is 0 Å². The van der Waals surface area contributed by atoms with Crippen LogP contribution in [-0.2, 0) is 5.41 Å². The zero-order chi connectivity index (χ0) is 38.1. The third-order valence-electron chi connectivity index (χ3n) is 12.1. The highest BCUT2D eigenvalue weighted by Crippen LogP contribution is 2.54. The van der Waals surface area contributed by atoms with Crippen molar-refractivity contribution in [1.82, 2.24) is 9.97 Å². The molecule has 0 saturated heterocycles. The first kappa shape index (κ1) is 33.2. The lowest BCUT2D eigenvalue weighted by atomic mass is 9.78. The second kappa shape index (κ2) is 13.0. The van der Waals surface area contributed by atoms with Gasteiger partial charge in [0.2, 0.25) is 0 Å². The zero-order valence-corrected chi connectivity index (χ0v) is 31.9. The minimum absolute atomic E-state index is 0.144. The van der Waals surface area contributed by atoms with E-state index in [0.29, 0.717) is 5.82 Å². The quantitative estimate of drug-likeness (QED) is 0.176. The number of benzene rings is 9. The van der Waals surface area contributed by atoms with Crippen molar-refractivity contribution in [2.45, 2.75) is 19.3 Å². The van der Waals surface area contributed by atoms with Gasteiger partial charge in [0.15, 0.2) is 5.82 Å². The van der Waals surface area contributed by atoms with E-state index in [2.05, 4.69) is 202 Å². The zero-order valence-electron chi connectivity index (χ0n) is 31.9. The summed E-state index contributed by atoms with van der Waals surface area (Å²) in [7, 11) is 0. The Balaban J connectivity index is 1.06. The Morgan fingerprint density at radius 3 is 1.70 bits per heavy atom. The number of fused-ring (bicyclic) bond motifs is 7. The van der Waals surface area contributed by atoms with Crippen LogP contribution in [0.4, 0.5) is 0 Å². The minimum Gasteiger partial charge on any atom is -0.228 e. The molecule has 57 heavy (non-hydrogen) atoms. The Morgan fingerprint density at radius 2 is 0.895 bits per heavy atom. The van der Waals surface area contributed by atoms with Crippen molar-refractivity contribution in [2.75, 3.05) is 0 Å². The Hall–Kier alpha value is -7.16. The summed E-state index contributed by atoms with van der Waals surface area (Å²) in [6, 6.07) is 70.1. The van der Waals surface area contributed by atoms with Crippen LogP contribution in [0.5, 0.6) is 0 Å². The highest BCUT2D eigenvalue weighted by molar-refractivity contribution is 6.06. The maximum absolute atomic E-state index is 5.33. The molecule has 0 saturated carbocycles. The Morgan fingerprint density at radius 1 is 0.351 bits per heavy atom. The molecular weight excluding hydrogens is 689 g/mol. The van der Waals surface area contributed by atoms with Crippen LogP contribution in [0.3, 0.4) is 0 Å². The fourth-order valence-corrected chi connectivity index (χ4v) is 9.40. The topological polar surface area (TPSA) is 25.8 Å². The molecule has 0 aliphatic heterocycles. The lowest BCUT2D eigenvalue weighted by Crippen LogP contribution is -2.16. The Bertz CT molecular complexity index is 3210. The van der Waals surface area contributed by atoms with Gasteiger partial charge in [-0.2, -0.15) is 0 Å². The van der Waals surface area contributed by atoms with Crippen LogP contribution in [0.2, 0.25) is 0 Å². The molecule has 0 N–H and O–H groups in total. The van der Waals surface area contributed by atoms with Crippen molar-refractivity contribution in [3.8, 4) is 67.3 Å². The lowest BCUT2D eigenvalue weighted by Gasteiger charge is -2.25. The summed E-state index contributed by atoms with van der Waals surface area (Å²) >= 11 is 0. The molecule has 9 aromatic carbocycles. The number of hydrogen-bond acceptors (Lipinski definition) is 2. The molecule has 0 atom stereocenters. The van der Waals surface area contributed by atoms with Crippen LogP contribution in [0.15, 0.2) is 194 Å². The van der Waals surface area contributed by atoms with Gasteiger partial charge in [0.1, 0.15) is 0 Å². The van der Waals surface area contributed by atoms with Crippen molar-refractivity contribution < 1.29 is 0 Å². The molecule has 1 aromatic heterocycles. The monoisotopic (exact) mass is 726 g/mol. The molecule has 0 unspecified atom stereocenters. The van der Waals surface area contributed by atoms with Crippen LogP contribution in [0.25, 0.3) is 99.6 Å². The highest BCUT2D eigenvalue weighted by atomic mass is 14.9. The standard InChI is InChI=1S/C55H38N2/c1-55(2)49-32-29-36-16-7-9-23-42(36)52(49)48-28-14-26-43(53(48)55)39-21-12-20-38(33-39)41-30-31-47(45-25-11-10-24-44(41)45)54-56-50(37-17-4-3-5-18-37)34-51(57-54)46-27-13-19-35-15-6-8-22-40(35)46/h3-34H,1-2H3. The van der Waals surface area contributed by atoms with Crippen LogP contribution in [0.1, 0.15) is 25.0 Å². The average Bonchev–Trinajstić information content (AvgIpc) is 3.52. The molecule has 0 fully saturated rings. The third kappa shape index (κ3) is 5.33. The third-order valence-corrected chi connectivity index (χ3v) is 12.1. The highest BCUT2D eigenvalue weighted by Gasteiger charge is 2.38. The predicted molar refractivity (Wildman–Crippen MR) is 239 cm³/mol. The summed E-state index contributed by atoms with van der Waals surface area (Å²) in [6.07, 6.45) is 0. The fraction of sp³-hybridized carbons (Fsp3) is 0.0545. The molecule has 1 heterocycles. The summed E-state index contributed by atoms with van der Waals surface area (Å²) in [4.78, 5) is 10.6. The Kier molecular flexibility index (Phi) is 7.55. The molecule has 1 aliphatic carbocycles. The van der Waals surface area contributed by atoms with Crippen molar-refractivity contribution in [2.24, 2.45) is 0 Å². The fourth-order valence-electron chi connectivity index (χ4n) is 9.40. The lowest BCUT2D eigenvalue weighted by molar-refractivity contribution is 0.662. The minimum atomic E-state index is -0.144. The molecule has 0 spiro atoms. The Labute approximate surface area is 332 Å². The van der Waals surface area contributed by atoms with Crippen molar-refractivity contribution in [1.29, 1.82) is 0 Å². The van der Waals surface area contributed by atoms with E-state index in [4.69, 9.17) is 9.97 Å². The van der Waals surface area contributed by atoms with Crippen LogP contribution >= 0.6 is 0 Å². The SMILES string of the molecule is CC1(C)c2ccc3ccccc3c2-c2cccc(-c3cccc(-c4ccc(-c5nc(-c6ccccc6)cc(-c6cccc7ccccc67)n5)c5ccccc45)c3)c21. The van der Waals surface area contributed by atoms with Gasteiger partial charge >= 0.3 is 0 Å². The molecule has 10 aromatic rings. The van der Waals surface area contributed by atoms with Gasteiger partial charge in [-0.15, -0.1) is 0 Å². The normalized spacial score (nSPS) is 12.9. The summed E-state index contributed by atoms with van der Waals surface area (Å²) in [5.74, 6) is 0.713. The first-order valence-electron chi connectivity index (χ1n) is 19.7. The van der Waals surface area contributed by atoms with Crippen molar-refractivity contribution in [3.63, 3.8) is 0 Å². The van der Waals surface area contributed by atoms with Gasteiger partial charge in [0.25, 0.3) is 0 Å². The van der Waals surface area contributed by atoms with Gasteiger partial charge in [-0.3, -0.25) is 0 Å². The first-order chi connectivity index (χ1) is 28.0. The number of aromatic nitrogens is 2. The summed E-state index contributed by atoms with van der Waals surface area (Å²) < 4.78 is 0. The second-order valence-electron chi connectivity index (χ2n) is 15.7. The summed E-state index contributed by atoms with van der Waals surface area (Å²) in [5, 5.41) is 7.26. The summed E-state index contributed by atoms with van der Waals surface area (Å²) in [6.45, 7) is 4.76. The average molecular weight is 727 g/mol. The molecular formula is C55H38N2. The van der Waals surface area contributed by atoms with E-state index in [1.165, 1.54) is 71.4 Å². The molecule has 0 amide bonds. The smallest absolute Gasteiger partial charge is 0.161 e. The van der Waals surface area contributed by atoms with Gasteiger partial charge in [-0.25, -0.2) is 9.97 Å². The first-order valence-corrected chi connectivity index (χ1v) is 19.7. The van der Waals surface area contributed by atoms with Crippen molar-refractivity contribution >= 4 is 32.3 Å². The van der Waals surface area contributed by atoms with Crippen molar-refractivity contribution in [3.05, 3.63) is 205 Å². The van der Waals surface area contributed by atoms with E-state index in [0.717, 1.165) is 33.5 Å². The predicted octanol–water partition coefficient (Wildman–Crippen LogP) is 14.6. The molecule has 268 valence electrons. The number of nitrogens with zero attached hydrogens (tertiary/aromatic N) is 2. The largest absolute Gasteiger partial charge is 0.228 e. The van der Waals surface area contributed by atoms with E-state index < -0.39 is 0 Å². The molecule has 2 nitrogen and oxygen atoms in total. The van der Waals surface area contributed by atoms with Gasteiger partial charge in [-0.1, -0.05) is 190 Å². The molecule has 2 heteroatoms. The van der Waals surface area contributed by atoms with Gasteiger partial charge in [-0.05, 0) is 95.0 Å². The summed E-state index contributed by atoms with van der Waals surface area (Å²) in [5.41, 5.74) is 15.2.